The first-order chi connectivity index (χ1) is 8.90. The minimum atomic E-state index is -0.404. The van der Waals surface area contributed by atoms with Crippen molar-refractivity contribution in [1.29, 1.82) is 0 Å². The summed E-state index contributed by atoms with van der Waals surface area (Å²) < 4.78 is 0. The van der Waals surface area contributed by atoms with Gasteiger partial charge in [0.2, 0.25) is 11.8 Å². The van der Waals surface area contributed by atoms with E-state index in [-0.39, 0.29) is 17.9 Å². The van der Waals surface area contributed by atoms with Crippen LogP contribution >= 0.6 is 11.6 Å². The Balaban J connectivity index is 2.92. The van der Waals surface area contributed by atoms with E-state index in [9.17, 15) is 9.59 Å². The maximum absolute atomic E-state index is 12.5. The Morgan fingerprint density at radius 3 is 2.58 bits per heavy atom. The smallest absolute Gasteiger partial charge is 0.246 e. The quantitative estimate of drug-likeness (QED) is 0.843. The predicted molar refractivity (Wildman–Crippen MR) is 76.8 cm³/mol. The monoisotopic (exact) mass is 286 g/mol. The molecule has 0 spiro atoms. The summed E-state index contributed by atoms with van der Waals surface area (Å²) in [6.45, 7) is 8.27. The van der Waals surface area contributed by atoms with Crippen molar-refractivity contribution >= 4 is 23.4 Å². The van der Waals surface area contributed by atoms with Gasteiger partial charge in [-0.05, 0) is 31.3 Å². The molecule has 2 unspecified atom stereocenters. The SMILES string of the molecule is CCC1C(=O)NC(CC(C)C)C(=O)N1CC(C)=CCl. The second-order valence-electron chi connectivity index (χ2n) is 5.54. The molecule has 2 atom stereocenters. The summed E-state index contributed by atoms with van der Waals surface area (Å²) in [4.78, 5) is 26.2. The number of hydrogen-bond acceptors (Lipinski definition) is 2. The second kappa shape index (κ2) is 6.94. The molecular formula is C14H23ClN2O2. The highest BCUT2D eigenvalue weighted by molar-refractivity contribution is 6.25. The lowest BCUT2D eigenvalue weighted by Gasteiger charge is -2.39. The number of carbonyl (C=O) groups is 2. The molecule has 1 fully saturated rings. The summed E-state index contributed by atoms with van der Waals surface area (Å²) >= 11 is 5.67. The normalized spacial score (nSPS) is 24.9. The summed E-state index contributed by atoms with van der Waals surface area (Å²) in [6.07, 6.45) is 1.28. The molecule has 1 saturated heterocycles. The molecule has 19 heavy (non-hydrogen) atoms. The van der Waals surface area contributed by atoms with E-state index in [1.165, 1.54) is 5.54 Å². The number of hydrogen-bond donors (Lipinski definition) is 1. The first-order valence-electron chi connectivity index (χ1n) is 6.77. The third kappa shape index (κ3) is 3.96. The molecule has 0 aromatic rings. The summed E-state index contributed by atoms with van der Waals surface area (Å²) in [5.74, 6) is 0.298. The number of rotatable bonds is 5. The fourth-order valence-corrected chi connectivity index (χ4v) is 2.42. The maximum atomic E-state index is 12.5. The molecule has 5 heteroatoms. The standard InChI is InChI=1S/C14H23ClN2O2/c1-5-12-13(18)16-11(6-9(2)3)14(19)17(12)8-10(4)7-15/h7,9,11-12H,5-6,8H2,1-4H3,(H,16,18). The van der Waals surface area contributed by atoms with Crippen LogP contribution in [0.4, 0.5) is 0 Å². The number of halogens is 1. The van der Waals surface area contributed by atoms with E-state index in [0.29, 0.717) is 25.3 Å². The molecule has 0 radical (unpaired) electrons. The van der Waals surface area contributed by atoms with Crippen LogP contribution in [-0.2, 0) is 9.59 Å². The zero-order valence-corrected chi connectivity index (χ0v) is 12.8. The summed E-state index contributed by atoms with van der Waals surface area (Å²) in [5.41, 5.74) is 2.34. The Labute approximate surface area is 120 Å². The van der Waals surface area contributed by atoms with Gasteiger partial charge in [0.05, 0.1) is 0 Å². The van der Waals surface area contributed by atoms with Gasteiger partial charge in [0.1, 0.15) is 12.1 Å². The molecule has 1 rings (SSSR count). The number of nitrogens with one attached hydrogen (secondary N) is 1. The van der Waals surface area contributed by atoms with Gasteiger partial charge in [0.25, 0.3) is 0 Å². The van der Waals surface area contributed by atoms with Crippen molar-refractivity contribution in [1.82, 2.24) is 10.2 Å². The van der Waals surface area contributed by atoms with Crippen molar-refractivity contribution in [2.75, 3.05) is 6.54 Å². The van der Waals surface area contributed by atoms with E-state index in [0.717, 1.165) is 5.57 Å². The summed E-state index contributed by atoms with van der Waals surface area (Å²) in [5, 5.41) is 2.84. The van der Waals surface area contributed by atoms with Gasteiger partial charge >= 0.3 is 0 Å². The number of piperazine rings is 1. The molecule has 1 aliphatic heterocycles. The van der Waals surface area contributed by atoms with Gasteiger partial charge in [0, 0.05) is 12.1 Å². The van der Waals surface area contributed by atoms with Crippen LogP contribution in [0, 0.1) is 5.92 Å². The molecule has 0 bridgehead atoms. The Morgan fingerprint density at radius 2 is 2.11 bits per heavy atom. The van der Waals surface area contributed by atoms with Crippen LogP contribution in [-0.4, -0.2) is 35.3 Å². The molecule has 1 N–H and O–H groups in total. The largest absolute Gasteiger partial charge is 0.342 e. The second-order valence-corrected chi connectivity index (χ2v) is 5.75. The van der Waals surface area contributed by atoms with Gasteiger partial charge in [-0.2, -0.15) is 0 Å². The molecule has 1 aliphatic rings. The summed E-state index contributed by atoms with van der Waals surface area (Å²) in [7, 11) is 0. The fourth-order valence-electron chi connectivity index (χ4n) is 2.35. The zero-order chi connectivity index (χ0) is 14.6. The van der Waals surface area contributed by atoms with Crippen LogP contribution in [0.25, 0.3) is 0 Å². The van der Waals surface area contributed by atoms with Crippen LogP contribution in [0.1, 0.15) is 40.5 Å². The van der Waals surface area contributed by atoms with Crippen molar-refractivity contribution in [3.8, 4) is 0 Å². The van der Waals surface area contributed by atoms with Crippen LogP contribution in [0.15, 0.2) is 11.1 Å². The third-order valence-corrected chi connectivity index (χ3v) is 3.65. The molecule has 0 aromatic heterocycles. The lowest BCUT2D eigenvalue weighted by atomic mass is 9.97. The first kappa shape index (κ1) is 16.0. The van der Waals surface area contributed by atoms with E-state index in [4.69, 9.17) is 11.6 Å². The highest BCUT2D eigenvalue weighted by Crippen LogP contribution is 2.19. The van der Waals surface area contributed by atoms with Gasteiger partial charge in [-0.25, -0.2) is 0 Å². The van der Waals surface area contributed by atoms with E-state index in [1.54, 1.807) is 4.90 Å². The average Bonchev–Trinajstić information content (AvgIpc) is 2.34. The Kier molecular flexibility index (Phi) is 5.85. The number of carbonyl (C=O) groups excluding carboxylic acids is 2. The molecule has 0 aliphatic carbocycles. The minimum Gasteiger partial charge on any atom is -0.342 e. The van der Waals surface area contributed by atoms with Crippen LogP contribution in [0.3, 0.4) is 0 Å². The Hall–Kier alpha value is -1.03. The topological polar surface area (TPSA) is 49.4 Å². The van der Waals surface area contributed by atoms with Gasteiger partial charge in [-0.1, -0.05) is 32.4 Å². The minimum absolute atomic E-state index is 0.00184. The van der Waals surface area contributed by atoms with Gasteiger partial charge in [-0.15, -0.1) is 0 Å². The number of nitrogens with zero attached hydrogens (tertiary/aromatic N) is 1. The van der Waals surface area contributed by atoms with Crippen molar-refractivity contribution in [2.24, 2.45) is 5.92 Å². The van der Waals surface area contributed by atoms with E-state index < -0.39 is 6.04 Å². The Morgan fingerprint density at radius 1 is 1.47 bits per heavy atom. The number of amides is 2. The van der Waals surface area contributed by atoms with Crippen LogP contribution < -0.4 is 5.32 Å². The summed E-state index contributed by atoms with van der Waals surface area (Å²) in [6, 6.07) is -0.791. The van der Waals surface area contributed by atoms with Crippen LogP contribution in [0.5, 0.6) is 0 Å². The molecule has 2 amide bonds. The molecule has 4 nitrogen and oxygen atoms in total. The lowest BCUT2D eigenvalue weighted by molar-refractivity contribution is -0.149. The molecule has 1 heterocycles. The highest BCUT2D eigenvalue weighted by atomic mass is 35.5. The van der Waals surface area contributed by atoms with E-state index in [1.807, 2.05) is 27.7 Å². The van der Waals surface area contributed by atoms with Gasteiger partial charge < -0.3 is 10.2 Å². The maximum Gasteiger partial charge on any atom is 0.246 e. The van der Waals surface area contributed by atoms with Gasteiger partial charge in [0.15, 0.2) is 0 Å². The van der Waals surface area contributed by atoms with Crippen molar-refractivity contribution in [3.05, 3.63) is 11.1 Å². The Bertz CT molecular complexity index is 380. The lowest BCUT2D eigenvalue weighted by Crippen LogP contribution is -2.63. The first-order valence-corrected chi connectivity index (χ1v) is 7.21. The van der Waals surface area contributed by atoms with Crippen LogP contribution in [0.2, 0.25) is 0 Å². The average molecular weight is 287 g/mol. The molecule has 108 valence electrons. The van der Waals surface area contributed by atoms with E-state index >= 15 is 0 Å². The molecular weight excluding hydrogens is 264 g/mol. The molecule has 0 aromatic carbocycles. The molecule has 0 saturated carbocycles. The van der Waals surface area contributed by atoms with Crippen molar-refractivity contribution < 1.29 is 9.59 Å². The van der Waals surface area contributed by atoms with Gasteiger partial charge in [-0.3, -0.25) is 9.59 Å². The fraction of sp³-hybridized carbons (Fsp3) is 0.714. The van der Waals surface area contributed by atoms with Crippen molar-refractivity contribution in [2.45, 2.75) is 52.6 Å². The highest BCUT2D eigenvalue weighted by Gasteiger charge is 2.39. The predicted octanol–water partition coefficient (Wildman–Crippen LogP) is 2.28. The third-order valence-electron chi connectivity index (χ3n) is 3.28. The van der Waals surface area contributed by atoms with Crippen molar-refractivity contribution in [3.63, 3.8) is 0 Å². The van der Waals surface area contributed by atoms with E-state index in [2.05, 4.69) is 5.32 Å². The zero-order valence-electron chi connectivity index (χ0n) is 12.1.